The minimum Gasteiger partial charge on any atom is -0.423 e. The van der Waals surface area contributed by atoms with Gasteiger partial charge >= 0.3 is 6.01 Å². The molecule has 0 bridgehead atoms. The summed E-state index contributed by atoms with van der Waals surface area (Å²) in [5.41, 5.74) is 1.70. The van der Waals surface area contributed by atoms with Crippen LogP contribution in [0.1, 0.15) is 45.4 Å². The van der Waals surface area contributed by atoms with Crippen molar-refractivity contribution in [1.29, 1.82) is 0 Å². The van der Waals surface area contributed by atoms with Crippen molar-refractivity contribution < 1.29 is 4.42 Å². The Hall–Kier alpha value is -2.36. The van der Waals surface area contributed by atoms with E-state index in [4.69, 9.17) is 4.42 Å². The molecule has 126 valence electrons. The SMILES string of the molecule is CCCCCCCCN(c1ccccn1)c1nc2ccccc2o1. The van der Waals surface area contributed by atoms with Gasteiger partial charge in [-0.3, -0.25) is 4.90 Å². The number of unbranched alkanes of at least 4 members (excludes halogenated alkanes) is 5. The molecular formula is C20H25N3O. The monoisotopic (exact) mass is 323 g/mol. The Labute approximate surface area is 143 Å². The Morgan fingerprint density at radius 1 is 0.917 bits per heavy atom. The molecule has 0 fully saturated rings. The Kier molecular flexibility index (Phi) is 5.83. The molecule has 0 radical (unpaired) electrons. The van der Waals surface area contributed by atoms with Crippen LogP contribution in [0.5, 0.6) is 0 Å². The van der Waals surface area contributed by atoms with E-state index in [0.717, 1.165) is 29.9 Å². The molecule has 0 N–H and O–H groups in total. The maximum atomic E-state index is 5.95. The van der Waals surface area contributed by atoms with Gasteiger partial charge in [-0.2, -0.15) is 4.98 Å². The summed E-state index contributed by atoms with van der Waals surface area (Å²) in [6.45, 7) is 3.12. The van der Waals surface area contributed by atoms with Gasteiger partial charge in [0.05, 0.1) is 0 Å². The number of oxazole rings is 1. The van der Waals surface area contributed by atoms with Crippen molar-refractivity contribution in [3.8, 4) is 0 Å². The highest BCUT2D eigenvalue weighted by molar-refractivity contribution is 5.75. The summed E-state index contributed by atoms with van der Waals surface area (Å²) in [7, 11) is 0. The van der Waals surface area contributed by atoms with E-state index in [9.17, 15) is 0 Å². The van der Waals surface area contributed by atoms with Gasteiger partial charge in [-0.1, -0.05) is 57.2 Å². The van der Waals surface area contributed by atoms with Crippen LogP contribution in [-0.2, 0) is 0 Å². The number of aromatic nitrogens is 2. The minimum atomic E-state index is 0.628. The van der Waals surface area contributed by atoms with E-state index in [2.05, 4.69) is 21.8 Å². The van der Waals surface area contributed by atoms with Crippen molar-refractivity contribution in [3.63, 3.8) is 0 Å². The third-order valence-corrected chi connectivity index (χ3v) is 4.17. The fourth-order valence-electron chi connectivity index (χ4n) is 2.85. The lowest BCUT2D eigenvalue weighted by atomic mass is 10.1. The molecule has 4 nitrogen and oxygen atoms in total. The molecule has 0 spiro atoms. The Morgan fingerprint density at radius 2 is 1.71 bits per heavy atom. The molecule has 24 heavy (non-hydrogen) atoms. The lowest BCUT2D eigenvalue weighted by molar-refractivity contribution is 0.568. The molecule has 0 aliphatic heterocycles. The average molecular weight is 323 g/mol. The molecule has 1 aromatic carbocycles. The first-order valence-electron chi connectivity index (χ1n) is 8.92. The van der Waals surface area contributed by atoms with E-state index >= 15 is 0 Å². The Morgan fingerprint density at radius 3 is 2.50 bits per heavy atom. The van der Waals surface area contributed by atoms with Crippen molar-refractivity contribution in [2.24, 2.45) is 0 Å². The lowest BCUT2D eigenvalue weighted by Crippen LogP contribution is -2.19. The molecule has 3 aromatic rings. The third-order valence-electron chi connectivity index (χ3n) is 4.17. The lowest BCUT2D eigenvalue weighted by Gasteiger charge is -2.19. The first-order chi connectivity index (χ1) is 11.9. The van der Waals surface area contributed by atoms with Crippen LogP contribution in [0.15, 0.2) is 53.1 Å². The minimum absolute atomic E-state index is 0.628. The van der Waals surface area contributed by atoms with E-state index in [1.165, 1.54) is 32.1 Å². The third kappa shape index (κ3) is 4.13. The standard InChI is InChI=1S/C20H25N3O/c1-2-3-4-5-6-11-16-23(19-14-9-10-15-21-19)20-22-17-12-7-8-13-18(17)24-20/h7-10,12-15H,2-6,11,16H2,1H3. The Balaban J connectivity index is 1.73. The van der Waals surface area contributed by atoms with Gasteiger partial charge in [0.15, 0.2) is 5.58 Å². The normalized spacial score (nSPS) is 11.0. The maximum absolute atomic E-state index is 5.95. The molecule has 0 atom stereocenters. The second-order valence-corrected chi connectivity index (χ2v) is 6.07. The van der Waals surface area contributed by atoms with Gasteiger partial charge in [0.25, 0.3) is 0 Å². The van der Waals surface area contributed by atoms with Crippen LogP contribution < -0.4 is 4.90 Å². The van der Waals surface area contributed by atoms with Crippen LogP contribution in [0, 0.1) is 0 Å². The van der Waals surface area contributed by atoms with Gasteiger partial charge in [0, 0.05) is 12.7 Å². The zero-order valence-electron chi connectivity index (χ0n) is 14.3. The quantitative estimate of drug-likeness (QED) is 0.472. The van der Waals surface area contributed by atoms with Gasteiger partial charge in [0.2, 0.25) is 0 Å². The molecule has 0 saturated carbocycles. The molecule has 0 saturated heterocycles. The fourth-order valence-corrected chi connectivity index (χ4v) is 2.85. The zero-order chi connectivity index (χ0) is 16.6. The molecule has 0 unspecified atom stereocenters. The number of benzene rings is 1. The summed E-state index contributed by atoms with van der Waals surface area (Å²) in [6.07, 6.45) is 9.37. The van der Waals surface area contributed by atoms with Gasteiger partial charge in [-0.05, 0) is 30.7 Å². The van der Waals surface area contributed by atoms with Crippen LogP contribution in [0.3, 0.4) is 0 Å². The topological polar surface area (TPSA) is 42.2 Å². The van der Waals surface area contributed by atoms with Crippen LogP contribution in [0.25, 0.3) is 11.1 Å². The van der Waals surface area contributed by atoms with E-state index < -0.39 is 0 Å². The number of hydrogen-bond acceptors (Lipinski definition) is 4. The van der Waals surface area contributed by atoms with E-state index in [0.29, 0.717) is 6.01 Å². The van der Waals surface area contributed by atoms with Crippen LogP contribution in [0.4, 0.5) is 11.8 Å². The van der Waals surface area contributed by atoms with Crippen molar-refractivity contribution in [2.45, 2.75) is 45.4 Å². The van der Waals surface area contributed by atoms with Crippen molar-refractivity contribution in [2.75, 3.05) is 11.4 Å². The number of anilines is 2. The number of pyridine rings is 1. The van der Waals surface area contributed by atoms with Gasteiger partial charge in [-0.25, -0.2) is 4.98 Å². The smallest absolute Gasteiger partial charge is 0.304 e. The van der Waals surface area contributed by atoms with Crippen molar-refractivity contribution in [1.82, 2.24) is 9.97 Å². The van der Waals surface area contributed by atoms with E-state index in [1.54, 1.807) is 0 Å². The van der Waals surface area contributed by atoms with Gasteiger partial charge in [-0.15, -0.1) is 0 Å². The summed E-state index contributed by atoms with van der Waals surface area (Å²) in [6, 6.07) is 14.4. The molecule has 3 rings (SSSR count). The maximum Gasteiger partial charge on any atom is 0.304 e. The molecule has 2 aromatic heterocycles. The number of nitrogens with zero attached hydrogens (tertiary/aromatic N) is 3. The summed E-state index contributed by atoms with van der Waals surface area (Å²) >= 11 is 0. The van der Waals surface area contributed by atoms with E-state index in [1.807, 2.05) is 48.7 Å². The largest absolute Gasteiger partial charge is 0.423 e. The highest BCUT2D eigenvalue weighted by Gasteiger charge is 2.16. The predicted octanol–water partition coefficient (Wildman–Crippen LogP) is 5.72. The fraction of sp³-hybridized carbons (Fsp3) is 0.400. The van der Waals surface area contributed by atoms with Gasteiger partial charge in [0.1, 0.15) is 11.3 Å². The molecule has 2 heterocycles. The number of para-hydroxylation sites is 2. The average Bonchev–Trinajstić information content (AvgIpc) is 3.05. The Bertz CT molecular complexity index is 706. The molecular weight excluding hydrogens is 298 g/mol. The van der Waals surface area contributed by atoms with Crippen LogP contribution in [0.2, 0.25) is 0 Å². The molecule has 0 aliphatic rings. The second kappa shape index (κ2) is 8.48. The highest BCUT2D eigenvalue weighted by atomic mass is 16.4. The van der Waals surface area contributed by atoms with Crippen LogP contribution >= 0.6 is 0 Å². The molecule has 0 aliphatic carbocycles. The van der Waals surface area contributed by atoms with Crippen LogP contribution in [-0.4, -0.2) is 16.5 Å². The van der Waals surface area contributed by atoms with Crippen molar-refractivity contribution >= 4 is 22.9 Å². The molecule has 0 amide bonds. The number of hydrogen-bond donors (Lipinski definition) is 0. The van der Waals surface area contributed by atoms with Crippen molar-refractivity contribution in [3.05, 3.63) is 48.7 Å². The predicted molar refractivity (Wildman–Crippen MR) is 98.6 cm³/mol. The summed E-state index contributed by atoms with van der Waals surface area (Å²) in [4.78, 5) is 11.2. The first kappa shape index (κ1) is 16.5. The number of fused-ring (bicyclic) bond motifs is 1. The summed E-state index contributed by atoms with van der Waals surface area (Å²) < 4.78 is 5.95. The summed E-state index contributed by atoms with van der Waals surface area (Å²) in [5, 5.41) is 0. The van der Waals surface area contributed by atoms with E-state index in [-0.39, 0.29) is 0 Å². The first-order valence-corrected chi connectivity index (χ1v) is 8.92. The summed E-state index contributed by atoms with van der Waals surface area (Å²) in [5.74, 6) is 0.887. The number of rotatable bonds is 9. The van der Waals surface area contributed by atoms with Gasteiger partial charge < -0.3 is 4.42 Å². The highest BCUT2D eigenvalue weighted by Crippen LogP contribution is 2.27. The zero-order valence-corrected chi connectivity index (χ0v) is 14.3. The molecule has 4 heteroatoms. The second-order valence-electron chi connectivity index (χ2n) is 6.07.